The van der Waals surface area contributed by atoms with Gasteiger partial charge in [-0.1, -0.05) is 0 Å². The highest BCUT2D eigenvalue weighted by Gasteiger charge is 2.42. The molecule has 0 spiro atoms. The highest BCUT2D eigenvalue weighted by atomic mass is 16.5. The van der Waals surface area contributed by atoms with Crippen LogP contribution >= 0.6 is 0 Å². The minimum Gasteiger partial charge on any atom is -0.378 e. The Morgan fingerprint density at radius 3 is 1.86 bits per heavy atom. The minimum absolute atomic E-state index is 0.145. The van der Waals surface area contributed by atoms with Crippen molar-refractivity contribution in [2.24, 2.45) is 5.41 Å². The summed E-state index contributed by atoms with van der Waals surface area (Å²) in [5.41, 5.74) is -1.07. The summed E-state index contributed by atoms with van der Waals surface area (Å²) < 4.78 is 5.24. The predicted octanol–water partition coefficient (Wildman–Crippen LogP) is -0.828. The van der Waals surface area contributed by atoms with Crippen molar-refractivity contribution in [1.82, 2.24) is 14.7 Å². The third-order valence-corrected chi connectivity index (χ3v) is 4.12. The first-order valence-corrected chi connectivity index (χ1v) is 7.32. The fourth-order valence-electron chi connectivity index (χ4n) is 2.68. The Balaban J connectivity index is 1.99. The Labute approximate surface area is 124 Å². The number of nitrogens with zero attached hydrogens (tertiary/aromatic N) is 3. The van der Waals surface area contributed by atoms with Crippen LogP contribution in [-0.2, 0) is 19.1 Å². The molecule has 0 N–H and O–H groups in total. The zero-order chi connectivity index (χ0) is 15.5. The van der Waals surface area contributed by atoms with Gasteiger partial charge in [-0.05, 0) is 13.8 Å². The van der Waals surface area contributed by atoms with Crippen LogP contribution in [0.1, 0.15) is 13.8 Å². The number of carbonyl (C=O) groups excluding carboxylic acids is 3. The topological polar surface area (TPSA) is 70.2 Å². The first-order valence-electron chi connectivity index (χ1n) is 7.32. The molecule has 0 unspecified atom stereocenters. The Hall–Kier alpha value is -1.63. The van der Waals surface area contributed by atoms with Crippen LogP contribution < -0.4 is 0 Å². The van der Waals surface area contributed by atoms with E-state index < -0.39 is 5.41 Å². The molecule has 0 radical (unpaired) electrons. The van der Waals surface area contributed by atoms with Crippen LogP contribution in [0.25, 0.3) is 0 Å². The van der Waals surface area contributed by atoms with Gasteiger partial charge in [-0.2, -0.15) is 0 Å². The number of ether oxygens (including phenoxy) is 1. The standard InChI is InChI=1S/C14H23N3O4/c1-14(2,13(20)17-7-9-21-10-8-17)12(19)16-5-3-15(11-18)4-6-16/h11H,3-10H2,1-2H3. The molecule has 2 saturated heterocycles. The van der Waals surface area contributed by atoms with Gasteiger partial charge in [0.05, 0.1) is 13.2 Å². The number of piperazine rings is 1. The number of hydrogen-bond donors (Lipinski definition) is 0. The molecule has 2 aliphatic rings. The number of hydrogen-bond acceptors (Lipinski definition) is 4. The van der Waals surface area contributed by atoms with E-state index in [1.54, 1.807) is 28.5 Å². The molecule has 2 aliphatic heterocycles. The summed E-state index contributed by atoms with van der Waals surface area (Å²) in [6.07, 6.45) is 0.797. The summed E-state index contributed by atoms with van der Waals surface area (Å²) in [5, 5.41) is 0. The molecule has 0 atom stereocenters. The first-order chi connectivity index (χ1) is 9.96. The van der Waals surface area contributed by atoms with Crippen molar-refractivity contribution >= 4 is 18.2 Å². The van der Waals surface area contributed by atoms with Crippen LogP contribution in [0.4, 0.5) is 0 Å². The lowest BCUT2D eigenvalue weighted by atomic mass is 9.89. The zero-order valence-corrected chi connectivity index (χ0v) is 12.7. The molecular formula is C14H23N3O4. The second-order valence-corrected chi connectivity index (χ2v) is 5.96. The van der Waals surface area contributed by atoms with Gasteiger partial charge >= 0.3 is 0 Å². The quantitative estimate of drug-likeness (QED) is 0.504. The van der Waals surface area contributed by atoms with Crippen molar-refractivity contribution < 1.29 is 19.1 Å². The van der Waals surface area contributed by atoms with Crippen molar-refractivity contribution in [3.05, 3.63) is 0 Å². The second-order valence-electron chi connectivity index (χ2n) is 5.96. The fraction of sp³-hybridized carbons (Fsp3) is 0.786. The number of morpholine rings is 1. The predicted molar refractivity (Wildman–Crippen MR) is 75.4 cm³/mol. The van der Waals surface area contributed by atoms with Gasteiger partial charge in [0, 0.05) is 39.3 Å². The van der Waals surface area contributed by atoms with E-state index in [4.69, 9.17) is 4.74 Å². The molecule has 0 aromatic heterocycles. The molecule has 0 bridgehead atoms. The van der Waals surface area contributed by atoms with Crippen LogP contribution in [0.3, 0.4) is 0 Å². The number of amides is 3. The Bertz CT molecular complexity index is 410. The van der Waals surface area contributed by atoms with Crippen LogP contribution in [0.15, 0.2) is 0 Å². The van der Waals surface area contributed by atoms with Gasteiger partial charge in [0.2, 0.25) is 18.2 Å². The van der Waals surface area contributed by atoms with Gasteiger partial charge in [0.1, 0.15) is 5.41 Å². The van der Waals surface area contributed by atoms with E-state index in [0.717, 1.165) is 6.41 Å². The van der Waals surface area contributed by atoms with E-state index in [9.17, 15) is 14.4 Å². The Morgan fingerprint density at radius 1 is 0.905 bits per heavy atom. The van der Waals surface area contributed by atoms with Crippen molar-refractivity contribution in [2.45, 2.75) is 13.8 Å². The summed E-state index contributed by atoms with van der Waals surface area (Å²) >= 11 is 0. The lowest BCUT2D eigenvalue weighted by molar-refractivity contribution is -0.157. The maximum absolute atomic E-state index is 12.6. The fourth-order valence-corrected chi connectivity index (χ4v) is 2.68. The van der Waals surface area contributed by atoms with Crippen molar-refractivity contribution in [3.63, 3.8) is 0 Å². The highest BCUT2D eigenvalue weighted by molar-refractivity contribution is 6.04. The molecule has 0 aromatic rings. The molecule has 0 saturated carbocycles. The maximum Gasteiger partial charge on any atom is 0.237 e. The van der Waals surface area contributed by atoms with Crippen molar-refractivity contribution in [3.8, 4) is 0 Å². The lowest BCUT2D eigenvalue weighted by Gasteiger charge is -2.39. The molecule has 0 aromatic carbocycles. The molecule has 21 heavy (non-hydrogen) atoms. The van der Waals surface area contributed by atoms with E-state index in [1.807, 2.05) is 0 Å². The largest absolute Gasteiger partial charge is 0.378 e. The monoisotopic (exact) mass is 297 g/mol. The van der Waals surface area contributed by atoms with Gasteiger partial charge in [-0.15, -0.1) is 0 Å². The summed E-state index contributed by atoms with van der Waals surface area (Å²) in [7, 11) is 0. The molecule has 0 aliphatic carbocycles. The van der Waals surface area contributed by atoms with E-state index >= 15 is 0 Å². The van der Waals surface area contributed by atoms with Gasteiger partial charge < -0.3 is 19.4 Å². The van der Waals surface area contributed by atoms with Gasteiger partial charge in [-0.3, -0.25) is 14.4 Å². The average molecular weight is 297 g/mol. The smallest absolute Gasteiger partial charge is 0.237 e. The van der Waals surface area contributed by atoms with Gasteiger partial charge in [-0.25, -0.2) is 0 Å². The van der Waals surface area contributed by atoms with Gasteiger partial charge in [0.15, 0.2) is 0 Å². The van der Waals surface area contributed by atoms with Gasteiger partial charge in [0.25, 0.3) is 0 Å². The molecular weight excluding hydrogens is 274 g/mol. The molecule has 7 heteroatoms. The molecule has 2 rings (SSSR count). The highest BCUT2D eigenvalue weighted by Crippen LogP contribution is 2.23. The van der Waals surface area contributed by atoms with E-state index in [0.29, 0.717) is 52.5 Å². The van der Waals surface area contributed by atoms with E-state index in [1.165, 1.54) is 0 Å². The van der Waals surface area contributed by atoms with E-state index in [2.05, 4.69) is 0 Å². The summed E-state index contributed by atoms with van der Waals surface area (Å²) in [6.45, 7) is 7.49. The molecule has 7 nitrogen and oxygen atoms in total. The SMILES string of the molecule is CC(C)(C(=O)N1CCOCC1)C(=O)N1CCN(C=O)CC1. The third kappa shape index (κ3) is 3.34. The van der Waals surface area contributed by atoms with Crippen LogP contribution in [0.2, 0.25) is 0 Å². The first kappa shape index (κ1) is 15.8. The van der Waals surface area contributed by atoms with Crippen molar-refractivity contribution in [1.29, 1.82) is 0 Å². The van der Waals surface area contributed by atoms with Crippen molar-refractivity contribution in [2.75, 3.05) is 52.5 Å². The molecule has 2 fully saturated rings. The molecule has 118 valence electrons. The number of rotatable bonds is 3. The second kappa shape index (κ2) is 6.43. The minimum atomic E-state index is -1.07. The lowest BCUT2D eigenvalue weighted by Crippen LogP contribution is -2.56. The summed E-state index contributed by atoms with van der Waals surface area (Å²) in [5.74, 6) is -0.307. The Kier molecular flexibility index (Phi) is 4.82. The molecule has 3 amide bonds. The number of carbonyl (C=O) groups is 3. The van der Waals surface area contributed by atoms with Crippen LogP contribution in [-0.4, -0.2) is 85.4 Å². The zero-order valence-electron chi connectivity index (χ0n) is 12.7. The van der Waals surface area contributed by atoms with Crippen LogP contribution in [0, 0.1) is 5.41 Å². The van der Waals surface area contributed by atoms with Crippen LogP contribution in [0.5, 0.6) is 0 Å². The summed E-state index contributed by atoms with van der Waals surface area (Å²) in [4.78, 5) is 40.9. The Morgan fingerprint density at radius 2 is 1.38 bits per heavy atom. The average Bonchev–Trinajstić information content (AvgIpc) is 2.54. The van der Waals surface area contributed by atoms with E-state index in [-0.39, 0.29) is 11.8 Å². The molecule has 2 heterocycles. The maximum atomic E-state index is 12.6. The normalized spacial score (nSPS) is 20.4. The summed E-state index contributed by atoms with van der Waals surface area (Å²) in [6, 6.07) is 0. The third-order valence-electron chi connectivity index (χ3n) is 4.12.